The average Bonchev–Trinajstić information content (AvgIpc) is 2.67. The molecule has 0 spiro atoms. The Balaban J connectivity index is 1.81. The molecule has 0 aromatic heterocycles. The van der Waals surface area contributed by atoms with Gasteiger partial charge in [-0.3, -0.25) is 14.8 Å². The molecule has 136 valence electrons. The number of carbonyl (C=O) groups is 2. The van der Waals surface area contributed by atoms with E-state index in [0.29, 0.717) is 16.8 Å². The van der Waals surface area contributed by atoms with E-state index in [1.165, 1.54) is 0 Å². The number of anilines is 1. The van der Waals surface area contributed by atoms with Crippen molar-refractivity contribution in [1.82, 2.24) is 5.48 Å². The van der Waals surface area contributed by atoms with Crippen molar-refractivity contribution in [3.05, 3.63) is 89.0 Å². The monoisotopic (exact) mass is 360 g/mol. The number of hydrogen-bond acceptors (Lipinski definition) is 3. The minimum absolute atomic E-state index is 0.153. The summed E-state index contributed by atoms with van der Waals surface area (Å²) in [6.45, 7) is 3.91. The highest BCUT2D eigenvalue weighted by molar-refractivity contribution is 6.05. The fourth-order valence-corrected chi connectivity index (χ4v) is 2.92. The van der Waals surface area contributed by atoms with Gasteiger partial charge in [-0.15, -0.1) is 0 Å². The van der Waals surface area contributed by atoms with Crippen molar-refractivity contribution >= 4 is 17.5 Å². The van der Waals surface area contributed by atoms with E-state index >= 15 is 0 Å². The number of aryl methyl sites for hydroxylation is 2. The fraction of sp³-hybridized carbons (Fsp3) is 0.0909. The number of carbonyl (C=O) groups excluding carboxylic acids is 2. The first-order chi connectivity index (χ1) is 13.0. The van der Waals surface area contributed by atoms with Gasteiger partial charge in [0.25, 0.3) is 11.8 Å². The summed E-state index contributed by atoms with van der Waals surface area (Å²) in [6, 6.07) is 20.1. The van der Waals surface area contributed by atoms with E-state index in [1.54, 1.807) is 29.7 Å². The van der Waals surface area contributed by atoms with Crippen LogP contribution in [0.5, 0.6) is 0 Å². The maximum atomic E-state index is 12.6. The van der Waals surface area contributed by atoms with Gasteiger partial charge in [0, 0.05) is 16.8 Å². The molecular weight excluding hydrogens is 340 g/mol. The van der Waals surface area contributed by atoms with Gasteiger partial charge < -0.3 is 5.32 Å². The lowest BCUT2D eigenvalue weighted by Gasteiger charge is -2.10. The first-order valence-electron chi connectivity index (χ1n) is 8.51. The van der Waals surface area contributed by atoms with Crippen LogP contribution in [0, 0.1) is 13.8 Å². The van der Waals surface area contributed by atoms with Gasteiger partial charge in [0.15, 0.2) is 0 Å². The predicted molar refractivity (Wildman–Crippen MR) is 105 cm³/mol. The number of hydroxylamine groups is 1. The summed E-state index contributed by atoms with van der Waals surface area (Å²) in [5.41, 5.74) is 7.15. The summed E-state index contributed by atoms with van der Waals surface area (Å²) < 4.78 is 0. The lowest BCUT2D eigenvalue weighted by molar-refractivity contribution is 0.0706. The standard InChI is InChI=1S/C22H20N2O3/c1-14-6-11-20(15(2)12-14)22(26)23-19-5-3-4-18(13-19)16-7-9-17(10-8-16)21(25)24-27/h3-13,27H,1-2H3,(H,23,26)(H,24,25). The molecule has 3 aromatic carbocycles. The number of benzene rings is 3. The van der Waals surface area contributed by atoms with Crippen LogP contribution in [0.3, 0.4) is 0 Å². The van der Waals surface area contributed by atoms with E-state index in [4.69, 9.17) is 5.21 Å². The van der Waals surface area contributed by atoms with E-state index in [-0.39, 0.29) is 5.91 Å². The summed E-state index contributed by atoms with van der Waals surface area (Å²) >= 11 is 0. The molecule has 27 heavy (non-hydrogen) atoms. The largest absolute Gasteiger partial charge is 0.322 e. The highest BCUT2D eigenvalue weighted by Gasteiger charge is 2.10. The molecule has 3 rings (SSSR count). The third-order valence-electron chi connectivity index (χ3n) is 4.33. The summed E-state index contributed by atoms with van der Waals surface area (Å²) in [6.07, 6.45) is 0. The van der Waals surface area contributed by atoms with Crippen molar-refractivity contribution in [2.75, 3.05) is 5.32 Å². The lowest BCUT2D eigenvalue weighted by atomic mass is 10.0. The fourth-order valence-electron chi connectivity index (χ4n) is 2.92. The second-order valence-electron chi connectivity index (χ2n) is 6.37. The minimum Gasteiger partial charge on any atom is -0.322 e. The molecule has 0 aliphatic rings. The Morgan fingerprint density at radius 1 is 0.815 bits per heavy atom. The number of hydrogen-bond donors (Lipinski definition) is 3. The van der Waals surface area contributed by atoms with Gasteiger partial charge in [-0.2, -0.15) is 0 Å². The SMILES string of the molecule is Cc1ccc(C(=O)Nc2cccc(-c3ccc(C(=O)NO)cc3)c2)c(C)c1. The molecule has 0 saturated carbocycles. The first-order valence-corrected chi connectivity index (χ1v) is 8.51. The number of amides is 2. The molecule has 3 aromatic rings. The Hall–Kier alpha value is -3.44. The smallest absolute Gasteiger partial charge is 0.274 e. The van der Waals surface area contributed by atoms with Crippen molar-refractivity contribution in [2.45, 2.75) is 13.8 Å². The van der Waals surface area contributed by atoms with Gasteiger partial charge >= 0.3 is 0 Å². The van der Waals surface area contributed by atoms with Crippen molar-refractivity contribution in [1.29, 1.82) is 0 Å². The molecule has 3 N–H and O–H groups in total. The van der Waals surface area contributed by atoms with Crippen molar-refractivity contribution < 1.29 is 14.8 Å². The van der Waals surface area contributed by atoms with Gasteiger partial charge in [-0.1, -0.05) is 42.0 Å². The van der Waals surface area contributed by atoms with E-state index < -0.39 is 5.91 Å². The second kappa shape index (κ2) is 7.85. The summed E-state index contributed by atoms with van der Waals surface area (Å²) in [4.78, 5) is 24.0. The molecule has 0 aliphatic heterocycles. The summed E-state index contributed by atoms with van der Waals surface area (Å²) in [5.74, 6) is -0.712. The second-order valence-corrected chi connectivity index (χ2v) is 6.37. The van der Waals surface area contributed by atoms with Gasteiger partial charge in [0.1, 0.15) is 0 Å². The molecule has 0 fully saturated rings. The Bertz CT molecular complexity index is 995. The van der Waals surface area contributed by atoms with Crippen LogP contribution in [0.2, 0.25) is 0 Å². The van der Waals surface area contributed by atoms with E-state index in [9.17, 15) is 9.59 Å². The van der Waals surface area contributed by atoms with Crippen molar-refractivity contribution in [2.24, 2.45) is 0 Å². The van der Waals surface area contributed by atoms with Crippen LogP contribution in [-0.4, -0.2) is 17.0 Å². The molecule has 0 radical (unpaired) electrons. The van der Waals surface area contributed by atoms with E-state index in [1.807, 2.05) is 56.3 Å². The topological polar surface area (TPSA) is 78.4 Å². The molecule has 0 aliphatic carbocycles. The molecule has 0 bridgehead atoms. The van der Waals surface area contributed by atoms with Crippen molar-refractivity contribution in [3.8, 4) is 11.1 Å². The predicted octanol–water partition coefficient (Wildman–Crippen LogP) is 4.34. The minimum atomic E-state index is -0.559. The van der Waals surface area contributed by atoms with Gasteiger partial charge in [0.2, 0.25) is 0 Å². The van der Waals surface area contributed by atoms with Gasteiger partial charge in [-0.05, 0) is 60.9 Å². The Morgan fingerprint density at radius 3 is 2.22 bits per heavy atom. The van der Waals surface area contributed by atoms with Crippen molar-refractivity contribution in [3.63, 3.8) is 0 Å². The zero-order valence-corrected chi connectivity index (χ0v) is 15.1. The Labute approximate surface area is 157 Å². The molecule has 5 nitrogen and oxygen atoms in total. The van der Waals surface area contributed by atoms with Crippen LogP contribution in [0.25, 0.3) is 11.1 Å². The van der Waals surface area contributed by atoms with Crippen LogP contribution in [0.15, 0.2) is 66.7 Å². The summed E-state index contributed by atoms with van der Waals surface area (Å²) in [7, 11) is 0. The Kier molecular flexibility index (Phi) is 5.33. The van der Waals surface area contributed by atoms with Crippen LogP contribution in [0.4, 0.5) is 5.69 Å². The molecule has 0 atom stereocenters. The third-order valence-corrected chi connectivity index (χ3v) is 4.33. The molecule has 0 heterocycles. The van der Waals surface area contributed by atoms with Gasteiger partial charge in [-0.25, -0.2) is 5.48 Å². The van der Waals surface area contributed by atoms with E-state index in [2.05, 4.69) is 5.32 Å². The maximum Gasteiger partial charge on any atom is 0.274 e. The van der Waals surface area contributed by atoms with Crippen LogP contribution >= 0.6 is 0 Å². The highest BCUT2D eigenvalue weighted by Crippen LogP contribution is 2.24. The van der Waals surface area contributed by atoms with Crippen LogP contribution < -0.4 is 10.8 Å². The maximum absolute atomic E-state index is 12.6. The number of rotatable bonds is 4. The number of nitrogens with one attached hydrogen (secondary N) is 2. The molecule has 0 saturated heterocycles. The zero-order chi connectivity index (χ0) is 19.4. The lowest BCUT2D eigenvalue weighted by Crippen LogP contribution is -2.18. The molecule has 0 unspecified atom stereocenters. The Morgan fingerprint density at radius 2 is 1.56 bits per heavy atom. The summed E-state index contributed by atoms with van der Waals surface area (Å²) in [5, 5.41) is 11.6. The molecule has 5 heteroatoms. The zero-order valence-electron chi connectivity index (χ0n) is 15.1. The molecule has 2 amide bonds. The van der Waals surface area contributed by atoms with Crippen LogP contribution in [0.1, 0.15) is 31.8 Å². The van der Waals surface area contributed by atoms with Gasteiger partial charge in [0.05, 0.1) is 0 Å². The normalized spacial score (nSPS) is 10.3. The molecular formula is C22H20N2O3. The first kappa shape index (κ1) is 18.4. The highest BCUT2D eigenvalue weighted by atomic mass is 16.5. The van der Waals surface area contributed by atoms with Crippen LogP contribution in [-0.2, 0) is 0 Å². The third kappa shape index (κ3) is 4.22. The average molecular weight is 360 g/mol. The van der Waals surface area contributed by atoms with E-state index in [0.717, 1.165) is 22.3 Å². The quantitative estimate of drug-likeness (QED) is 0.478.